The molecule has 3 aromatic rings. The van der Waals surface area contributed by atoms with Crippen LogP contribution in [0.25, 0.3) is 11.1 Å². The fourth-order valence-corrected chi connectivity index (χ4v) is 4.25. The summed E-state index contributed by atoms with van der Waals surface area (Å²) >= 11 is 0. The summed E-state index contributed by atoms with van der Waals surface area (Å²) in [5.74, 6) is 0.0502. The van der Waals surface area contributed by atoms with E-state index in [-0.39, 0.29) is 18.7 Å². The smallest absolute Gasteiger partial charge is 0.407 e. The van der Waals surface area contributed by atoms with E-state index in [1.807, 2.05) is 24.3 Å². The van der Waals surface area contributed by atoms with E-state index in [1.165, 1.54) is 33.1 Å². The van der Waals surface area contributed by atoms with Crippen molar-refractivity contribution < 1.29 is 28.5 Å². The van der Waals surface area contributed by atoms with Crippen molar-refractivity contribution >= 4 is 12.1 Å². The second-order valence-corrected chi connectivity index (χ2v) is 8.71. The maximum Gasteiger partial charge on any atom is 0.407 e. The summed E-state index contributed by atoms with van der Waals surface area (Å²) < 4.78 is 23.1. The Morgan fingerprint density at radius 2 is 1.45 bits per heavy atom. The van der Waals surface area contributed by atoms with E-state index in [4.69, 9.17) is 18.9 Å². The fraction of sp³-hybridized carbons (Fsp3) is 0.393. The molecule has 1 aromatic heterocycles. The van der Waals surface area contributed by atoms with Crippen LogP contribution in [0.3, 0.4) is 0 Å². The Hall–Kier alpha value is -3.73. The van der Waals surface area contributed by atoms with Gasteiger partial charge in [-0.3, -0.25) is 4.57 Å². The van der Waals surface area contributed by atoms with Crippen LogP contribution in [-0.2, 0) is 18.9 Å². The van der Waals surface area contributed by atoms with Gasteiger partial charge < -0.3 is 29.6 Å². The number of hydrogen-bond acceptors (Lipinski definition) is 7. The third-order valence-corrected chi connectivity index (χ3v) is 6.10. The molecule has 1 heterocycles. The number of benzene rings is 2. The largest absolute Gasteiger partial charge is 0.449 e. The number of carbonyl (C=O) groups is 2. The minimum absolute atomic E-state index is 0.0502. The van der Waals surface area contributed by atoms with Gasteiger partial charge in [0, 0.05) is 38.0 Å². The van der Waals surface area contributed by atoms with Gasteiger partial charge >= 0.3 is 12.1 Å². The molecule has 1 aliphatic carbocycles. The molecule has 0 fully saturated rings. The van der Waals surface area contributed by atoms with E-state index in [9.17, 15) is 9.59 Å². The van der Waals surface area contributed by atoms with Crippen LogP contribution in [0.4, 0.5) is 9.59 Å². The molecule has 0 saturated carbocycles. The molecule has 4 rings (SSSR count). The minimum atomic E-state index is -0.423. The predicted molar refractivity (Wildman–Crippen MR) is 141 cm³/mol. The van der Waals surface area contributed by atoms with Crippen molar-refractivity contribution in [3.05, 3.63) is 78.4 Å². The van der Waals surface area contributed by atoms with Crippen molar-refractivity contribution in [2.24, 2.45) is 0 Å². The summed E-state index contributed by atoms with van der Waals surface area (Å²) in [5, 5.41) is 5.55. The summed E-state index contributed by atoms with van der Waals surface area (Å²) in [7, 11) is 0. The average molecular weight is 523 g/mol. The zero-order valence-corrected chi connectivity index (χ0v) is 21.3. The Kier molecular flexibility index (Phi) is 10.7. The molecular formula is C28H34N4O6. The Balaban J connectivity index is 0.959. The maximum absolute atomic E-state index is 12.2. The molecule has 0 bridgehead atoms. The molecule has 202 valence electrons. The van der Waals surface area contributed by atoms with Crippen molar-refractivity contribution in [1.82, 2.24) is 20.2 Å². The molecule has 2 N–H and O–H groups in total. The average Bonchev–Trinajstić information content (AvgIpc) is 3.59. The highest BCUT2D eigenvalue weighted by Crippen LogP contribution is 2.44. The summed E-state index contributed by atoms with van der Waals surface area (Å²) in [6.07, 6.45) is 5.51. The molecule has 2 amide bonds. The fourth-order valence-electron chi connectivity index (χ4n) is 4.25. The molecule has 2 aromatic carbocycles. The van der Waals surface area contributed by atoms with Gasteiger partial charge in [-0.2, -0.15) is 0 Å². The van der Waals surface area contributed by atoms with Crippen molar-refractivity contribution in [1.29, 1.82) is 0 Å². The van der Waals surface area contributed by atoms with Gasteiger partial charge in [-0.15, -0.1) is 0 Å². The molecular weight excluding hydrogens is 488 g/mol. The second kappa shape index (κ2) is 14.9. The lowest BCUT2D eigenvalue weighted by Gasteiger charge is -2.14. The molecule has 10 nitrogen and oxygen atoms in total. The first kappa shape index (κ1) is 27.3. The van der Waals surface area contributed by atoms with Crippen molar-refractivity contribution in [2.45, 2.75) is 18.8 Å². The molecule has 0 spiro atoms. The van der Waals surface area contributed by atoms with E-state index < -0.39 is 6.09 Å². The van der Waals surface area contributed by atoms with E-state index in [0.29, 0.717) is 59.0 Å². The minimum Gasteiger partial charge on any atom is -0.449 e. The van der Waals surface area contributed by atoms with Crippen molar-refractivity contribution in [3.63, 3.8) is 0 Å². The highest BCUT2D eigenvalue weighted by atomic mass is 16.7. The predicted octanol–water partition coefficient (Wildman–Crippen LogP) is 3.77. The van der Waals surface area contributed by atoms with E-state index in [1.54, 1.807) is 12.4 Å². The number of alkyl carbamates (subject to hydrolysis) is 1. The van der Waals surface area contributed by atoms with Crippen LogP contribution in [-0.4, -0.2) is 74.6 Å². The third-order valence-electron chi connectivity index (χ3n) is 6.10. The molecule has 38 heavy (non-hydrogen) atoms. The normalized spacial score (nSPS) is 12.1. The molecule has 0 aliphatic heterocycles. The van der Waals surface area contributed by atoms with Gasteiger partial charge in [-0.1, -0.05) is 48.5 Å². The van der Waals surface area contributed by atoms with Crippen molar-refractivity contribution in [2.75, 3.05) is 52.9 Å². The standard InChI is InChI=1S/C28H34N4O6/c33-27(32-14-13-29-20-32)30-11-5-16-36-21-37-18-17-35-15-6-12-31-28(34)38-19-26-24-9-3-1-7-22(24)23-8-2-4-10-25(23)26/h1-4,7-10,13-14,20,26H,5-6,11-12,15-19,21H2,(H,30,33)(H,31,34). The van der Waals surface area contributed by atoms with Crippen LogP contribution in [0.2, 0.25) is 0 Å². The van der Waals surface area contributed by atoms with Crippen LogP contribution in [0, 0.1) is 0 Å². The van der Waals surface area contributed by atoms with Crippen LogP contribution < -0.4 is 10.6 Å². The number of nitrogens with zero attached hydrogens (tertiary/aromatic N) is 2. The molecule has 10 heteroatoms. The SMILES string of the molecule is O=C(NCCCOCCOCOCCCNC(=O)n1ccnc1)OCC1c2ccccc2-c2ccccc21. The van der Waals surface area contributed by atoms with E-state index >= 15 is 0 Å². The number of imidazole rings is 1. The van der Waals surface area contributed by atoms with Gasteiger partial charge in [0.15, 0.2) is 0 Å². The van der Waals surface area contributed by atoms with E-state index in [0.717, 1.165) is 0 Å². The first-order chi connectivity index (χ1) is 18.7. The second-order valence-electron chi connectivity index (χ2n) is 8.71. The molecule has 1 aliphatic rings. The van der Waals surface area contributed by atoms with Crippen LogP contribution in [0.1, 0.15) is 29.9 Å². The molecule has 0 atom stereocenters. The lowest BCUT2D eigenvalue weighted by Crippen LogP contribution is -2.29. The van der Waals surface area contributed by atoms with Gasteiger partial charge in [0.1, 0.15) is 19.7 Å². The Bertz CT molecular complexity index is 1110. The number of aromatic nitrogens is 2. The number of ether oxygens (including phenoxy) is 4. The van der Waals surface area contributed by atoms with E-state index in [2.05, 4.69) is 39.9 Å². The van der Waals surface area contributed by atoms with Gasteiger partial charge in [-0.25, -0.2) is 14.6 Å². The summed E-state index contributed by atoms with van der Waals surface area (Å²) in [6.45, 7) is 3.28. The third kappa shape index (κ3) is 7.88. The summed E-state index contributed by atoms with van der Waals surface area (Å²) in [4.78, 5) is 27.7. The number of hydrogen-bond donors (Lipinski definition) is 2. The van der Waals surface area contributed by atoms with Crippen LogP contribution >= 0.6 is 0 Å². The monoisotopic (exact) mass is 522 g/mol. The Labute approximate surface area is 222 Å². The zero-order valence-electron chi connectivity index (χ0n) is 21.3. The number of rotatable bonds is 15. The van der Waals surface area contributed by atoms with Gasteiger partial charge in [-0.05, 0) is 35.1 Å². The maximum atomic E-state index is 12.2. The molecule has 0 unspecified atom stereocenters. The topological polar surface area (TPSA) is 113 Å². The van der Waals surface area contributed by atoms with Gasteiger partial charge in [0.05, 0.1) is 19.8 Å². The number of nitrogens with one attached hydrogen (secondary N) is 2. The molecule has 0 saturated heterocycles. The van der Waals surface area contributed by atoms with Gasteiger partial charge in [0.25, 0.3) is 0 Å². The van der Waals surface area contributed by atoms with Gasteiger partial charge in [0.2, 0.25) is 0 Å². The number of amides is 2. The Morgan fingerprint density at radius 1 is 0.816 bits per heavy atom. The zero-order chi connectivity index (χ0) is 26.4. The van der Waals surface area contributed by atoms with Crippen LogP contribution in [0.5, 0.6) is 0 Å². The number of fused-ring (bicyclic) bond motifs is 3. The molecule has 0 radical (unpaired) electrons. The quantitative estimate of drug-likeness (QED) is 0.231. The summed E-state index contributed by atoms with van der Waals surface area (Å²) in [5.41, 5.74) is 4.80. The number of carbonyl (C=O) groups excluding carboxylic acids is 2. The first-order valence-corrected chi connectivity index (χ1v) is 12.8. The highest BCUT2D eigenvalue weighted by molar-refractivity contribution is 5.79. The lowest BCUT2D eigenvalue weighted by atomic mass is 9.98. The lowest BCUT2D eigenvalue weighted by molar-refractivity contribution is -0.0695. The van der Waals surface area contributed by atoms with Crippen LogP contribution in [0.15, 0.2) is 67.3 Å². The highest BCUT2D eigenvalue weighted by Gasteiger charge is 2.28. The Morgan fingerprint density at radius 3 is 2.16 bits per heavy atom. The van der Waals surface area contributed by atoms with Crippen molar-refractivity contribution in [3.8, 4) is 11.1 Å². The summed E-state index contributed by atoms with van der Waals surface area (Å²) in [6, 6.07) is 16.3. The first-order valence-electron chi connectivity index (χ1n) is 12.8.